The van der Waals surface area contributed by atoms with Crippen molar-refractivity contribution < 1.29 is 4.74 Å². The highest BCUT2D eigenvalue weighted by molar-refractivity contribution is 4.68. The van der Waals surface area contributed by atoms with Crippen molar-refractivity contribution in [1.29, 1.82) is 0 Å². The molecule has 0 amide bonds. The Morgan fingerprint density at radius 1 is 1.40 bits per heavy atom. The minimum Gasteiger partial charge on any atom is -0.366 e. The second-order valence-corrected chi connectivity index (χ2v) is 2.84. The summed E-state index contributed by atoms with van der Waals surface area (Å²) in [5.74, 6) is 0. The van der Waals surface area contributed by atoms with E-state index in [4.69, 9.17) is 4.74 Å². The van der Waals surface area contributed by atoms with E-state index in [1.54, 1.807) is 7.11 Å². The zero-order valence-electron chi connectivity index (χ0n) is 6.97. The molecule has 2 nitrogen and oxygen atoms in total. The third-order valence-corrected chi connectivity index (χ3v) is 2.17. The van der Waals surface area contributed by atoms with E-state index in [2.05, 4.69) is 11.8 Å². The second-order valence-electron chi connectivity index (χ2n) is 2.84. The Kier molecular flexibility index (Phi) is 3.16. The minimum atomic E-state index is 0.377. The van der Waals surface area contributed by atoms with E-state index in [0.29, 0.717) is 6.23 Å². The van der Waals surface area contributed by atoms with E-state index in [-0.39, 0.29) is 0 Å². The summed E-state index contributed by atoms with van der Waals surface area (Å²) in [6.45, 7) is 4.63. The number of nitrogens with zero attached hydrogens (tertiary/aromatic N) is 1. The number of likely N-dealkylation sites (tertiary alicyclic amines) is 1. The Hall–Kier alpha value is -0.0800. The normalized spacial score (nSPS) is 23.4. The molecule has 1 atom stereocenters. The van der Waals surface area contributed by atoms with Crippen LogP contribution in [0.4, 0.5) is 0 Å². The van der Waals surface area contributed by atoms with Crippen LogP contribution in [0.25, 0.3) is 0 Å². The van der Waals surface area contributed by atoms with Crippen LogP contribution >= 0.6 is 0 Å². The van der Waals surface area contributed by atoms with Gasteiger partial charge in [-0.3, -0.25) is 4.90 Å². The minimum absolute atomic E-state index is 0.377. The van der Waals surface area contributed by atoms with Crippen molar-refractivity contribution in [1.82, 2.24) is 4.90 Å². The second kappa shape index (κ2) is 3.94. The number of ether oxygens (including phenoxy) is 1. The van der Waals surface area contributed by atoms with Gasteiger partial charge in [-0.2, -0.15) is 0 Å². The molecule has 1 saturated heterocycles. The molecule has 2 heteroatoms. The van der Waals surface area contributed by atoms with E-state index in [9.17, 15) is 0 Å². The van der Waals surface area contributed by atoms with Crippen LogP contribution in [0.3, 0.4) is 0 Å². The van der Waals surface area contributed by atoms with Crippen molar-refractivity contribution in [2.24, 2.45) is 0 Å². The molecule has 0 aliphatic carbocycles. The average molecular weight is 143 g/mol. The topological polar surface area (TPSA) is 12.5 Å². The zero-order chi connectivity index (χ0) is 7.40. The predicted molar refractivity (Wildman–Crippen MR) is 41.9 cm³/mol. The maximum Gasteiger partial charge on any atom is 0.109 e. The van der Waals surface area contributed by atoms with Crippen LogP contribution in [0.1, 0.15) is 26.2 Å². The predicted octanol–water partition coefficient (Wildman–Crippen LogP) is 1.46. The molecule has 0 aromatic carbocycles. The van der Waals surface area contributed by atoms with Gasteiger partial charge in [-0.05, 0) is 19.3 Å². The first kappa shape index (κ1) is 8.02. The molecule has 0 aromatic heterocycles. The van der Waals surface area contributed by atoms with Crippen molar-refractivity contribution in [3.63, 3.8) is 0 Å². The van der Waals surface area contributed by atoms with Crippen LogP contribution in [0.2, 0.25) is 0 Å². The van der Waals surface area contributed by atoms with Gasteiger partial charge in [0.25, 0.3) is 0 Å². The Labute approximate surface area is 63.2 Å². The first-order valence-electron chi connectivity index (χ1n) is 4.15. The van der Waals surface area contributed by atoms with Crippen LogP contribution in [0, 0.1) is 0 Å². The highest BCUT2D eigenvalue weighted by Gasteiger charge is 2.18. The first-order chi connectivity index (χ1) is 4.88. The van der Waals surface area contributed by atoms with Gasteiger partial charge >= 0.3 is 0 Å². The number of methoxy groups -OCH3 is 1. The van der Waals surface area contributed by atoms with Gasteiger partial charge in [0, 0.05) is 20.2 Å². The SMILES string of the molecule is CCC(OC)N1CCCC1. The molecule has 0 aromatic rings. The van der Waals surface area contributed by atoms with Gasteiger partial charge < -0.3 is 4.74 Å². The molecule has 0 saturated carbocycles. The number of hydrogen-bond acceptors (Lipinski definition) is 2. The lowest BCUT2D eigenvalue weighted by atomic mass is 10.4. The maximum atomic E-state index is 5.31. The van der Waals surface area contributed by atoms with Crippen molar-refractivity contribution >= 4 is 0 Å². The molecule has 0 spiro atoms. The zero-order valence-corrected chi connectivity index (χ0v) is 6.97. The van der Waals surface area contributed by atoms with E-state index in [1.807, 2.05) is 0 Å². The highest BCUT2D eigenvalue weighted by atomic mass is 16.5. The molecule has 0 radical (unpaired) electrons. The summed E-state index contributed by atoms with van der Waals surface area (Å²) < 4.78 is 5.31. The van der Waals surface area contributed by atoms with Crippen LogP contribution in [0.5, 0.6) is 0 Å². The molecular weight excluding hydrogens is 126 g/mol. The van der Waals surface area contributed by atoms with Gasteiger partial charge in [0.05, 0.1) is 0 Å². The lowest BCUT2D eigenvalue weighted by molar-refractivity contribution is -0.0213. The van der Waals surface area contributed by atoms with Crippen molar-refractivity contribution in [3.05, 3.63) is 0 Å². The summed E-state index contributed by atoms with van der Waals surface area (Å²) in [6, 6.07) is 0. The van der Waals surface area contributed by atoms with Crippen LogP contribution in [0.15, 0.2) is 0 Å². The number of rotatable bonds is 3. The molecule has 1 rings (SSSR count). The molecule has 10 heavy (non-hydrogen) atoms. The van der Waals surface area contributed by atoms with Crippen molar-refractivity contribution in [2.75, 3.05) is 20.2 Å². The summed E-state index contributed by atoms with van der Waals surface area (Å²) in [5, 5.41) is 0. The molecule has 0 bridgehead atoms. The summed E-state index contributed by atoms with van der Waals surface area (Å²) in [6.07, 6.45) is 4.18. The molecule has 1 unspecified atom stereocenters. The maximum absolute atomic E-state index is 5.31. The monoisotopic (exact) mass is 143 g/mol. The molecule has 60 valence electrons. The summed E-state index contributed by atoms with van der Waals surface area (Å²) in [5.41, 5.74) is 0. The number of hydrogen-bond donors (Lipinski definition) is 0. The van der Waals surface area contributed by atoms with E-state index >= 15 is 0 Å². The van der Waals surface area contributed by atoms with Gasteiger partial charge in [-0.25, -0.2) is 0 Å². The van der Waals surface area contributed by atoms with Gasteiger partial charge in [-0.1, -0.05) is 6.92 Å². The molecule has 1 fully saturated rings. The Morgan fingerprint density at radius 2 is 2.00 bits per heavy atom. The van der Waals surface area contributed by atoms with Gasteiger partial charge in [0.15, 0.2) is 0 Å². The van der Waals surface area contributed by atoms with E-state index in [1.165, 1.54) is 25.9 Å². The molecular formula is C8H17NO. The third kappa shape index (κ3) is 1.70. The fourth-order valence-electron chi connectivity index (χ4n) is 1.60. The van der Waals surface area contributed by atoms with E-state index in [0.717, 1.165) is 6.42 Å². The van der Waals surface area contributed by atoms with Crippen molar-refractivity contribution in [3.8, 4) is 0 Å². The Balaban J connectivity index is 2.29. The van der Waals surface area contributed by atoms with Gasteiger partial charge in [0.1, 0.15) is 6.23 Å². The standard InChI is InChI=1S/C8H17NO/c1-3-8(10-2)9-6-4-5-7-9/h8H,3-7H2,1-2H3. The molecule has 1 aliphatic rings. The first-order valence-corrected chi connectivity index (χ1v) is 4.15. The molecule has 0 N–H and O–H groups in total. The summed E-state index contributed by atoms with van der Waals surface area (Å²) >= 11 is 0. The largest absolute Gasteiger partial charge is 0.366 e. The fourth-order valence-corrected chi connectivity index (χ4v) is 1.60. The molecule has 1 aliphatic heterocycles. The Bertz CT molecular complexity index is 85.3. The lowest BCUT2D eigenvalue weighted by Gasteiger charge is -2.24. The lowest BCUT2D eigenvalue weighted by Crippen LogP contribution is -2.33. The fraction of sp³-hybridized carbons (Fsp3) is 1.00. The third-order valence-electron chi connectivity index (χ3n) is 2.17. The summed E-state index contributed by atoms with van der Waals surface area (Å²) in [7, 11) is 1.80. The highest BCUT2D eigenvalue weighted by Crippen LogP contribution is 2.13. The molecule has 1 heterocycles. The van der Waals surface area contributed by atoms with Gasteiger partial charge in [-0.15, -0.1) is 0 Å². The Morgan fingerprint density at radius 3 is 2.40 bits per heavy atom. The van der Waals surface area contributed by atoms with Crippen LogP contribution < -0.4 is 0 Å². The average Bonchev–Trinajstić information content (AvgIpc) is 2.43. The smallest absolute Gasteiger partial charge is 0.109 e. The van der Waals surface area contributed by atoms with Crippen molar-refractivity contribution in [2.45, 2.75) is 32.4 Å². The quantitative estimate of drug-likeness (QED) is 0.593. The van der Waals surface area contributed by atoms with E-state index < -0.39 is 0 Å². The van der Waals surface area contributed by atoms with Crippen LogP contribution in [-0.2, 0) is 4.74 Å². The van der Waals surface area contributed by atoms with Gasteiger partial charge in [0.2, 0.25) is 0 Å². The van der Waals surface area contributed by atoms with Crippen LogP contribution in [-0.4, -0.2) is 31.3 Å². The summed E-state index contributed by atoms with van der Waals surface area (Å²) in [4.78, 5) is 2.42.